The number of halogens is 1. The molecule has 2 aromatic rings. The lowest BCUT2D eigenvalue weighted by Gasteiger charge is -2.29. The minimum atomic E-state index is -0.641. The van der Waals surface area contributed by atoms with Crippen molar-refractivity contribution >= 4 is 23.4 Å². The summed E-state index contributed by atoms with van der Waals surface area (Å²) in [6, 6.07) is 14.3. The summed E-state index contributed by atoms with van der Waals surface area (Å²) in [5, 5.41) is 3.37. The molecule has 2 aromatic carbocycles. The van der Waals surface area contributed by atoms with Gasteiger partial charge in [-0.1, -0.05) is 62.7 Å². The van der Waals surface area contributed by atoms with Gasteiger partial charge in [0.25, 0.3) is 5.91 Å². The van der Waals surface area contributed by atoms with E-state index in [2.05, 4.69) is 26.1 Å². The van der Waals surface area contributed by atoms with Gasteiger partial charge in [0.1, 0.15) is 11.8 Å². The van der Waals surface area contributed by atoms with Gasteiger partial charge < -0.3 is 15.0 Å². The highest BCUT2D eigenvalue weighted by Gasteiger charge is 2.27. The van der Waals surface area contributed by atoms with Crippen LogP contribution in [0.3, 0.4) is 0 Å². The van der Waals surface area contributed by atoms with Crippen LogP contribution in [-0.2, 0) is 21.5 Å². The number of benzene rings is 2. The Labute approximate surface area is 184 Å². The van der Waals surface area contributed by atoms with E-state index < -0.39 is 6.04 Å². The van der Waals surface area contributed by atoms with Crippen LogP contribution in [0.4, 0.5) is 0 Å². The molecule has 1 atom stereocenters. The van der Waals surface area contributed by atoms with Gasteiger partial charge >= 0.3 is 0 Å². The van der Waals surface area contributed by atoms with Crippen molar-refractivity contribution in [2.45, 2.75) is 52.6 Å². The van der Waals surface area contributed by atoms with E-state index >= 15 is 0 Å². The van der Waals surface area contributed by atoms with E-state index in [1.165, 1.54) is 4.90 Å². The van der Waals surface area contributed by atoms with Crippen LogP contribution in [0.25, 0.3) is 0 Å². The molecule has 0 aromatic heterocycles. The first-order valence-electron chi connectivity index (χ1n) is 10.2. The lowest BCUT2D eigenvalue weighted by atomic mass is 9.86. The molecule has 6 heteroatoms. The maximum atomic E-state index is 13.1. The lowest BCUT2D eigenvalue weighted by Crippen LogP contribution is -2.49. The zero-order valence-electron chi connectivity index (χ0n) is 18.4. The van der Waals surface area contributed by atoms with Gasteiger partial charge in [0.05, 0.1) is 0 Å². The first-order chi connectivity index (χ1) is 14.1. The quantitative estimate of drug-likeness (QED) is 0.667. The van der Waals surface area contributed by atoms with Gasteiger partial charge in [-0.3, -0.25) is 9.59 Å². The Kier molecular flexibility index (Phi) is 8.30. The average Bonchev–Trinajstić information content (AvgIpc) is 2.69. The number of likely N-dealkylation sites (N-methyl/N-ethyl adjacent to an activating group) is 1. The van der Waals surface area contributed by atoms with Crippen molar-refractivity contribution in [3.63, 3.8) is 0 Å². The number of ether oxygens (including phenoxy) is 1. The molecule has 30 heavy (non-hydrogen) atoms. The van der Waals surface area contributed by atoms with Crippen molar-refractivity contribution in [2.24, 2.45) is 0 Å². The first-order valence-corrected chi connectivity index (χ1v) is 10.5. The first kappa shape index (κ1) is 23.7. The number of nitrogens with one attached hydrogen (secondary N) is 1. The summed E-state index contributed by atoms with van der Waals surface area (Å²) in [6.45, 7) is 10.5. The van der Waals surface area contributed by atoms with Crippen LogP contribution >= 0.6 is 11.6 Å². The number of amides is 2. The van der Waals surface area contributed by atoms with E-state index in [0.717, 1.165) is 11.1 Å². The lowest BCUT2D eigenvalue weighted by molar-refractivity contribution is -0.142. The van der Waals surface area contributed by atoms with Crippen molar-refractivity contribution in [3.8, 4) is 5.75 Å². The molecule has 0 radical (unpaired) electrons. The van der Waals surface area contributed by atoms with E-state index in [0.29, 0.717) is 17.3 Å². The minimum absolute atomic E-state index is 0.117. The molecular formula is C24H31ClN2O3. The maximum absolute atomic E-state index is 13.1. The van der Waals surface area contributed by atoms with Gasteiger partial charge in [-0.25, -0.2) is 0 Å². The van der Waals surface area contributed by atoms with Crippen molar-refractivity contribution in [3.05, 3.63) is 64.7 Å². The molecule has 0 unspecified atom stereocenters. The van der Waals surface area contributed by atoms with Gasteiger partial charge in [-0.15, -0.1) is 0 Å². The molecule has 0 bridgehead atoms. The summed E-state index contributed by atoms with van der Waals surface area (Å²) < 4.78 is 5.91. The van der Waals surface area contributed by atoms with Crippen LogP contribution in [-0.4, -0.2) is 35.9 Å². The van der Waals surface area contributed by atoms with Crippen LogP contribution in [0, 0.1) is 0 Å². The highest BCUT2D eigenvalue weighted by atomic mass is 35.5. The number of carbonyl (C=O) groups is 2. The third-order valence-electron chi connectivity index (χ3n) is 4.81. The second-order valence-electron chi connectivity index (χ2n) is 8.26. The Morgan fingerprint density at radius 2 is 1.83 bits per heavy atom. The minimum Gasteiger partial charge on any atom is -0.483 e. The summed E-state index contributed by atoms with van der Waals surface area (Å²) in [6.07, 6.45) is 0. The topological polar surface area (TPSA) is 58.6 Å². The molecule has 2 rings (SSSR count). The molecular weight excluding hydrogens is 400 g/mol. The summed E-state index contributed by atoms with van der Waals surface area (Å²) >= 11 is 6.09. The summed E-state index contributed by atoms with van der Waals surface area (Å²) in [5.41, 5.74) is 1.76. The number of hydrogen-bond acceptors (Lipinski definition) is 3. The Balaban J connectivity index is 2.21. The largest absolute Gasteiger partial charge is 0.483 e. The Morgan fingerprint density at radius 1 is 1.13 bits per heavy atom. The number of nitrogens with zero attached hydrogens (tertiary/aromatic N) is 1. The zero-order valence-corrected chi connectivity index (χ0v) is 19.1. The second-order valence-corrected chi connectivity index (χ2v) is 8.69. The predicted octanol–water partition coefficient (Wildman–Crippen LogP) is 4.57. The molecule has 2 amide bonds. The monoisotopic (exact) mass is 430 g/mol. The molecule has 0 aliphatic carbocycles. The number of para-hydroxylation sites is 1. The summed E-state index contributed by atoms with van der Waals surface area (Å²) in [5.74, 6) is 0.201. The average molecular weight is 431 g/mol. The zero-order chi connectivity index (χ0) is 22.3. The summed E-state index contributed by atoms with van der Waals surface area (Å²) in [7, 11) is 0. The third-order valence-corrected chi connectivity index (χ3v) is 5.04. The van der Waals surface area contributed by atoms with Gasteiger partial charge in [-0.05, 0) is 48.6 Å². The fourth-order valence-electron chi connectivity index (χ4n) is 3.17. The van der Waals surface area contributed by atoms with Crippen molar-refractivity contribution < 1.29 is 14.3 Å². The van der Waals surface area contributed by atoms with Gasteiger partial charge in [0.15, 0.2) is 6.61 Å². The normalized spacial score (nSPS) is 12.2. The number of hydrogen-bond donors (Lipinski definition) is 1. The molecule has 1 N–H and O–H groups in total. The van der Waals surface area contributed by atoms with Crippen molar-refractivity contribution in [1.82, 2.24) is 10.2 Å². The number of rotatable bonds is 8. The molecule has 0 fully saturated rings. The Morgan fingerprint density at radius 3 is 2.47 bits per heavy atom. The van der Waals surface area contributed by atoms with Crippen molar-refractivity contribution in [2.75, 3.05) is 13.2 Å². The van der Waals surface area contributed by atoms with Crippen LogP contribution in [0.2, 0.25) is 5.02 Å². The molecule has 0 aliphatic rings. The maximum Gasteiger partial charge on any atom is 0.261 e. The van der Waals surface area contributed by atoms with Crippen LogP contribution in [0.1, 0.15) is 45.7 Å². The molecule has 0 saturated heterocycles. The van der Waals surface area contributed by atoms with Gasteiger partial charge in [0.2, 0.25) is 5.91 Å². The van der Waals surface area contributed by atoms with Crippen LogP contribution in [0.5, 0.6) is 5.75 Å². The Hall–Kier alpha value is -2.53. The fourth-order valence-corrected chi connectivity index (χ4v) is 3.38. The van der Waals surface area contributed by atoms with E-state index in [1.54, 1.807) is 19.1 Å². The number of carbonyl (C=O) groups excluding carboxylic acids is 2. The van der Waals surface area contributed by atoms with Crippen LogP contribution in [0.15, 0.2) is 48.5 Å². The molecule has 5 nitrogen and oxygen atoms in total. The third kappa shape index (κ3) is 6.49. The predicted molar refractivity (Wildman–Crippen MR) is 121 cm³/mol. The smallest absolute Gasteiger partial charge is 0.261 e. The fraction of sp³-hybridized carbons (Fsp3) is 0.417. The molecule has 0 saturated carbocycles. The standard InChI is InChI=1S/C24H31ClN2O3/c1-6-26-23(29)17(2)27(15-18-10-9-11-19(25)14-18)22(28)16-30-21-13-8-7-12-20(21)24(3,4)5/h7-14,17H,6,15-16H2,1-5H3,(H,26,29)/t17-/m1/s1. The van der Waals surface area contributed by atoms with E-state index in [1.807, 2.05) is 43.3 Å². The second kappa shape index (κ2) is 10.5. The van der Waals surface area contributed by atoms with Crippen LogP contribution < -0.4 is 10.1 Å². The van der Waals surface area contributed by atoms with Gasteiger partial charge in [0, 0.05) is 18.1 Å². The molecule has 0 aliphatic heterocycles. The van der Waals surface area contributed by atoms with Crippen molar-refractivity contribution in [1.29, 1.82) is 0 Å². The summed E-state index contributed by atoms with van der Waals surface area (Å²) in [4.78, 5) is 27.1. The van der Waals surface area contributed by atoms with E-state index in [9.17, 15) is 9.59 Å². The SMILES string of the molecule is CCNC(=O)[C@@H](C)N(Cc1cccc(Cl)c1)C(=O)COc1ccccc1C(C)(C)C. The highest BCUT2D eigenvalue weighted by Crippen LogP contribution is 2.31. The molecule has 162 valence electrons. The molecule has 0 spiro atoms. The molecule has 0 heterocycles. The van der Waals surface area contributed by atoms with E-state index in [4.69, 9.17) is 16.3 Å². The van der Waals surface area contributed by atoms with E-state index in [-0.39, 0.29) is 30.4 Å². The van der Waals surface area contributed by atoms with Gasteiger partial charge in [-0.2, -0.15) is 0 Å². The Bertz CT molecular complexity index is 877. The highest BCUT2D eigenvalue weighted by molar-refractivity contribution is 6.30.